The second kappa shape index (κ2) is 14.6. The van der Waals surface area contributed by atoms with Gasteiger partial charge in [-0.15, -0.1) is 0 Å². The van der Waals surface area contributed by atoms with Gasteiger partial charge in [-0.2, -0.15) is 0 Å². The van der Waals surface area contributed by atoms with Crippen molar-refractivity contribution < 1.29 is 17.7 Å². The first-order chi connectivity index (χ1) is 34.5. The quantitative estimate of drug-likeness (QED) is 0.166. The number of furan rings is 4. The highest BCUT2D eigenvalue weighted by Gasteiger charge is 2.25. The SMILES string of the molecule is Cc1ccc2c(oc3ccccc32)c1N(c1ccccc1)c1ccc2cc3c(cc2c1)oc1c3ccc2oc3cc4cc(N(c5ccccc5)c5c(C)ccc6c5oc5ccccc56)ccc4cc3c21. The van der Waals surface area contributed by atoms with E-state index in [1.54, 1.807) is 0 Å². The molecule has 0 fully saturated rings. The van der Waals surface area contributed by atoms with Crippen LogP contribution in [-0.4, -0.2) is 0 Å². The van der Waals surface area contributed by atoms with Crippen LogP contribution in [0.2, 0.25) is 0 Å². The zero-order valence-electron chi connectivity index (χ0n) is 38.2. The number of fused-ring (bicyclic) bond motifs is 15. The van der Waals surface area contributed by atoms with Crippen molar-refractivity contribution in [1.82, 2.24) is 0 Å². The lowest BCUT2D eigenvalue weighted by Gasteiger charge is -2.27. The second-order valence-corrected chi connectivity index (χ2v) is 18.5. The lowest BCUT2D eigenvalue weighted by molar-refractivity contribution is 0.663. The minimum Gasteiger partial charge on any atom is -0.456 e. The van der Waals surface area contributed by atoms with Crippen molar-refractivity contribution in [3.8, 4) is 0 Å². The number of anilines is 6. The average molecular weight is 901 g/mol. The van der Waals surface area contributed by atoms with Crippen LogP contribution in [0, 0.1) is 13.8 Å². The van der Waals surface area contributed by atoms with Gasteiger partial charge in [0.15, 0.2) is 11.2 Å². The number of nitrogens with zero attached hydrogens (tertiary/aromatic N) is 2. The Morgan fingerprint density at radius 1 is 0.271 bits per heavy atom. The van der Waals surface area contributed by atoms with Gasteiger partial charge in [-0.1, -0.05) is 109 Å². The molecule has 0 radical (unpaired) electrons. The fourth-order valence-electron chi connectivity index (χ4n) is 11.1. The molecule has 15 aromatic rings. The molecule has 0 saturated heterocycles. The van der Waals surface area contributed by atoms with Crippen LogP contribution < -0.4 is 9.80 Å². The zero-order chi connectivity index (χ0) is 46.2. The summed E-state index contributed by atoms with van der Waals surface area (Å²) in [5.41, 5.74) is 15.1. The standard InChI is InChI=1S/C64H40N2O4/c1-37-21-27-49-47-17-9-11-19-54(47)68-63(49)60(37)65(43-13-5-3-6-14-43)45-25-23-39-33-52-51-29-30-56-59(62(51)70-57(52)35-41(39)31-45)53-34-40-24-26-46(32-42(40)36-58(53)67-56)66(44-15-7-4-8-16-44)61-38(2)22-28-50-48-18-10-12-20-55(48)69-64(50)61/h3-36H,1-2H3. The van der Waals surface area contributed by atoms with Crippen molar-refractivity contribution in [2.45, 2.75) is 13.8 Å². The molecule has 0 N–H and O–H groups in total. The van der Waals surface area contributed by atoms with Crippen LogP contribution in [0.5, 0.6) is 0 Å². The van der Waals surface area contributed by atoms with Gasteiger partial charge in [-0.3, -0.25) is 0 Å². The highest BCUT2D eigenvalue weighted by Crippen LogP contribution is 2.48. The predicted molar refractivity (Wildman–Crippen MR) is 289 cm³/mol. The van der Waals surface area contributed by atoms with E-state index in [-0.39, 0.29) is 0 Å². The van der Waals surface area contributed by atoms with Gasteiger partial charge in [-0.25, -0.2) is 0 Å². The van der Waals surface area contributed by atoms with E-state index in [2.05, 4.69) is 206 Å². The van der Waals surface area contributed by atoms with Gasteiger partial charge in [-0.05, 0) is 144 Å². The molecule has 0 unspecified atom stereocenters. The Labute approximate surface area is 400 Å². The molecule has 4 aromatic heterocycles. The van der Waals surface area contributed by atoms with Crippen molar-refractivity contribution >= 4 is 143 Å². The Morgan fingerprint density at radius 2 is 0.729 bits per heavy atom. The zero-order valence-corrected chi connectivity index (χ0v) is 38.2. The Bertz CT molecular complexity index is 4630. The minimum absolute atomic E-state index is 0.788. The van der Waals surface area contributed by atoms with E-state index >= 15 is 0 Å². The van der Waals surface area contributed by atoms with Gasteiger partial charge < -0.3 is 27.5 Å². The number of hydrogen-bond donors (Lipinski definition) is 0. The van der Waals surface area contributed by atoms with Crippen LogP contribution in [0.4, 0.5) is 34.1 Å². The molecule has 11 aromatic carbocycles. The number of rotatable bonds is 6. The Balaban J connectivity index is 0.869. The van der Waals surface area contributed by atoms with E-state index in [9.17, 15) is 0 Å². The summed E-state index contributed by atoms with van der Waals surface area (Å²) in [6.07, 6.45) is 0. The maximum atomic E-state index is 6.94. The number of para-hydroxylation sites is 4. The highest BCUT2D eigenvalue weighted by atomic mass is 16.3. The number of benzene rings is 11. The van der Waals surface area contributed by atoms with Crippen molar-refractivity contribution in [2.75, 3.05) is 9.80 Å². The summed E-state index contributed by atoms with van der Waals surface area (Å²) in [6, 6.07) is 72.8. The first kappa shape index (κ1) is 38.8. The molecule has 70 heavy (non-hydrogen) atoms. The van der Waals surface area contributed by atoms with Crippen molar-refractivity contribution in [1.29, 1.82) is 0 Å². The van der Waals surface area contributed by atoms with Crippen LogP contribution in [0.1, 0.15) is 11.1 Å². The summed E-state index contributed by atoms with van der Waals surface area (Å²) in [7, 11) is 0. The van der Waals surface area contributed by atoms with E-state index in [4.69, 9.17) is 17.7 Å². The summed E-state index contributed by atoms with van der Waals surface area (Å²) in [5, 5.41) is 12.9. The summed E-state index contributed by atoms with van der Waals surface area (Å²) in [6.45, 7) is 4.31. The van der Waals surface area contributed by atoms with Crippen LogP contribution in [0.25, 0.3) is 109 Å². The monoisotopic (exact) mass is 900 g/mol. The van der Waals surface area contributed by atoms with Crippen LogP contribution in [0.3, 0.4) is 0 Å². The van der Waals surface area contributed by atoms with Crippen molar-refractivity contribution in [3.05, 3.63) is 217 Å². The van der Waals surface area contributed by atoms with E-state index in [1.807, 2.05) is 24.3 Å². The first-order valence-corrected chi connectivity index (χ1v) is 23.7. The largest absolute Gasteiger partial charge is 0.456 e. The fourth-order valence-corrected chi connectivity index (χ4v) is 11.1. The molecule has 6 nitrogen and oxygen atoms in total. The normalized spacial score (nSPS) is 12.1. The fraction of sp³-hybridized carbons (Fsp3) is 0.0312. The molecule has 4 heterocycles. The number of aryl methyl sites for hydroxylation is 2. The molecular formula is C64H40N2O4. The smallest absolute Gasteiger partial charge is 0.159 e. The molecule has 330 valence electrons. The van der Waals surface area contributed by atoms with Crippen molar-refractivity contribution in [2.24, 2.45) is 0 Å². The third-order valence-corrected chi connectivity index (χ3v) is 14.4. The number of hydrogen-bond acceptors (Lipinski definition) is 6. The molecule has 15 rings (SSSR count). The van der Waals surface area contributed by atoms with Gasteiger partial charge in [0.25, 0.3) is 0 Å². The van der Waals surface area contributed by atoms with E-state index < -0.39 is 0 Å². The molecule has 0 aliphatic carbocycles. The average Bonchev–Trinajstić information content (AvgIpc) is 4.17. The molecular weight excluding hydrogens is 861 g/mol. The first-order valence-electron chi connectivity index (χ1n) is 23.7. The third-order valence-electron chi connectivity index (χ3n) is 14.4. The molecule has 6 heteroatoms. The van der Waals surface area contributed by atoms with E-state index in [0.717, 1.165) is 155 Å². The van der Waals surface area contributed by atoms with Crippen LogP contribution in [0.15, 0.2) is 224 Å². The van der Waals surface area contributed by atoms with Crippen LogP contribution >= 0.6 is 0 Å². The lowest BCUT2D eigenvalue weighted by atomic mass is 10.0. The topological polar surface area (TPSA) is 59.0 Å². The third kappa shape index (κ3) is 5.68. The molecule has 0 aliphatic rings. The maximum Gasteiger partial charge on any atom is 0.159 e. The van der Waals surface area contributed by atoms with Crippen molar-refractivity contribution in [3.63, 3.8) is 0 Å². The summed E-state index contributed by atoms with van der Waals surface area (Å²) in [4.78, 5) is 4.63. The molecule has 0 aliphatic heterocycles. The molecule has 0 spiro atoms. The minimum atomic E-state index is 0.788. The summed E-state index contributed by atoms with van der Waals surface area (Å²) in [5.74, 6) is 0. The van der Waals surface area contributed by atoms with E-state index in [0.29, 0.717) is 0 Å². The van der Waals surface area contributed by atoms with Gasteiger partial charge in [0.05, 0.1) is 16.8 Å². The molecule has 0 atom stereocenters. The summed E-state index contributed by atoms with van der Waals surface area (Å²) < 4.78 is 27.0. The van der Waals surface area contributed by atoms with Gasteiger partial charge in [0, 0.05) is 60.5 Å². The van der Waals surface area contributed by atoms with Gasteiger partial charge >= 0.3 is 0 Å². The Hall–Kier alpha value is -9.26. The maximum absolute atomic E-state index is 6.94. The van der Waals surface area contributed by atoms with Gasteiger partial charge in [0.2, 0.25) is 0 Å². The predicted octanol–water partition coefficient (Wildman–Crippen LogP) is 19.1. The molecule has 0 amide bonds. The molecule has 0 bridgehead atoms. The van der Waals surface area contributed by atoms with Crippen LogP contribution in [-0.2, 0) is 0 Å². The highest BCUT2D eigenvalue weighted by molar-refractivity contribution is 6.24. The lowest BCUT2D eigenvalue weighted by Crippen LogP contribution is -2.11. The second-order valence-electron chi connectivity index (χ2n) is 18.5. The Kier molecular flexibility index (Phi) is 8.10. The van der Waals surface area contributed by atoms with Gasteiger partial charge in [0.1, 0.15) is 33.5 Å². The van der Waals surface area contributed by atoms with E-state index in [1.165, 1.54) is 0 Å². The summed E-state index contributed by atoms with van der Waals surface area (Å²) >= 11 is 0. The Morgan fingerprint density at radius 3 is 1.29 bits per heavy atom. The molecule has 0 saturated carbocycles.